The largest absolute Gasteiger partial charge is 0.357 e. The molecule has 0 bridgehead atoms. The van der Waals surface area contributed by atoms with Gasteiger partial charge >= 0.3 is 0 Å². The summed E-state index contributed by atoms with van der Waals surface area (Å²) in [5.41, 5.74) is 3.21. The summed E-state index contributed by atoms with van der Waals surface area (Å²) < 4.78 is 28.7. The number of benzene rings is 3. The van der Waals surface area contributed by atoms with Crippen LogP contribution in [0.25, 0.3) is 0 Å². The van der Waals surface area contributed by atoms with Gasteiger partial charge in [-0.15, -0.1) is 0 Å². The van der Waals surface area contributed by atoms with Crippen molar-refractivity contribution in [2.45, 2.75) is 44.6 Å². The molecule has 196 valence electrons. The molecule has 0 radical (unpaired) electrons. The summed E-state index contributed by atoms with van der Waals surface area (Å²) >= 11 is 0. The zero-order valence-electron chi connectivity index (χ0n) is 21.8. The second kappa shape index (κ2) is 12.5. The first-order valence-corrected chi connectivity index (χ1v) is 13.8. The Hall–Kier alpha value is -3.65. The lowest BCUT2D eigenvalue weighted by atomic mass is 10.1. The van der Waals surface area contributed by atoms with Gasteiger partial charge in [0.1, 0.15) is 12.6 Å². The Kier molecular flexibility index (Phi) is 9.47. The van der Waals surface area contributed by atoms with Crippen molar-refractivity contribution in [2.75, 3.05) is 24.4 Å². The normalized spacial score (nSPS) is 12.0. The number of anilines is 1. The predicted molar refractivity (Wildman–Crippen MR) is 147 cm³/mol. The molecule has 3 aromatic rings. The summed E-state index contributed by atoms with van der Waals surface area (Å²) in [5.74, 6) is -0.726. The number of carbonyl (C=O) groups is 2. The van der Waals surface area contributed by atoms with E-state index < -0.39 is 28.5 Å². The van der Waals surface area contributed by atoms with Gasteiger partial charge in [-0.2, -0.15) is 0 Å². The predicted octanol–water partition coefficient (Wildman–Crippen LogP) is 4.09. The molecule has 3 rings (SSSR count). The van der Waals surface area contributed by atoms with Crippen molar-refractivity contribution in [3.05, 3.63) is 95.6 Å². The topological polar surface area (TPSA) is 86.8 Å². The Bertz CT molecular complexity index is 1310. The quantitative estimate of drug-likeness (QED) is 0.412. The molecule has 1 atom stereocenters. The van der Waals surface area contributed by atoms with E-state index in [0.29, 0.717) is 18.5 Å². The molecule has 0 aromatic heterocycles. The maximum atomic E-state index is 13.8. The summed E-state index contributed by atoms with van der Waals surface area (Å²) in [7, 11) is -2.52. The summed E-state index contributed by atoms with van der Waals surface area (Å²) in [4.78, 5) is 28.1. The molecule has 1 N–H and O–H groups in total. The van der Waals surface area contributed by atoms with E-state index in [0.717, 1.165) is 21.0 Å². The van der Waals surface area contributed by atoms with Crippen LogP contribution in [0.4, 0.5) is 5.69 Å². The van der Waals surface area contributed by atoms with Gasteiger partial charge < -0.3 is 10.2 Å². The van der Waals surface area contributed by atoms with E-state index in [1.807, 2.05) is 57.2 Å². The first-order chi connectivity index (χ1) is 17.7. The summed E-state index contributed by atoms with van der Waals surface area (Å²) in [5, 5.41) is 2.64. The van der Waals surface area contributed by atoms with Gasteiger partial charge in [-0.1, -0.05) is 67.1 Å². The van der Waals surface area contributed by atoms with Crippen LogP contribution in [0.1, 0.15) is 30.0 Å². The van der Waals surface area contributed by atoms with E-state index in [9.17, 15) is 18.0 Å². The van der Waals surface area contributed by atoms with Crippen LogP contribution in [0.5, 0.6) is 0 Å². The number of aryl methyl sites for hydroxylation is 2. The number of likely N-dealkylation sites (N-methyl/N-ethyl adjacent to an activating group) is 1. The second-order valence-corrected chi connectivity index (χ2v) is 10.9. The highest BCUT2D eigenvalue weighted by Crippen LogP contribution is 2.25. The van der Waals surface area contributed by atoms with Gasteiger partial charge in [0, 0.05) is 13.6 Å². The van der Waals surface area contributed by atoms with Crippen molar-refractivity contribution < 1.29 is 18.0 Å². The van der Waals surface area contributed by atoms with Crippen molar-refractivity contribution >= 4 is 27.5 Å². The standard InChI is InChI=1S/C29H35N3O4S/c1-5-27(29(34)30-4)31(19-18-24-11-7-6-8-12-24)28(33)21-32(25-13-9-10-23(3)20-25)37(35,36)26-16-14-22(2)15-17-26/h6-17,20,27H,5,18-19,21H2,1-4H3,(H,30,34)/t27-/m0/s1. The maximum absolute atomic E-state index is 13.8. The molecule has 0 heterocycles. The fourth-order valence-electron chi connectivity index (χ4n) is 4.21. The number of rotatable bonds is 11. The molecule has 0 aliphatic carbocycles. The molecule has 2 amide bonds. The molecule has 0 spiro atoms. The third-order valence-corrected chi connectivity index (χ3v) is 8.08. The van der Waals surface area contributed by atoms with Crippen LogP contribution < -0.4 is 9.62 Å². The lowest BCUT2D eigenvalue weighted by Gasteiger charge is -2.33. The minimum atomic E-state index is -4.06. The highest BCUT2D eigenvalue weighted by Gasteiger charge is 2.33. The Labute approximate surface area is 220 Å². The van der Waals surface area contributed by atoms with Crippen LogP contribution in [0.3, 0.4) is 0 Å². The van der Waals surface area contributed by atoms with Gasteiger partial charge in [0.05, 0.1) is 10.6 Å². The Morgan fingerprint density at radius 2 is 1.57 bits per heavy atom. The van der Waals surface area contributed by atoms with Crippen molar-refractivity contribution in [1.29, 1.82) is 0 Å². The van der Waals surface area contributed by atoms with Crippen molar-refractivity contribution in [3.8, 4) is 0 Å². The van der Waals surface area contributed by atoms with Gasteiger partial charge in [-0.3, -0.25) is 13.9 Å². The smallest absolute Gasteiger partial charge is 0.264 e. The molecular weight excluding hydrogens is 486 g/mol. The van der Waals surface area contributed by atoms with Gasteiger partial charge in [0.2, 0.25) is 11.8 Å². The average Bonchev–Trinajstić information content (AvgIpc) is 2.89. The van der Waals surface area contributed by atoms with E-state index in [-0.39, 0.29) is 17.3 Å². The maximum Gasteiger partial charge on any atom is 0.264 e. The molecule has 0 fully saturated rings. The molecule has 0 aliphatic rings. The van der Waals surface area contributed by atoms with Crippen LogP contribution in [-0.2, 0) is 26.0 Å². The van der Waals surface area contributed by atoms with E-state index in [1.165, 1.54) is 11.9 Å². The molecule has 37 heavy (non-hydrogen) atoms. The van der Waals surface area contributed by atoms with Gasteiger partial charge in [-0.25, -0.2) is 8.42 Å². The van der Waals surface area contributed by atoms with E-state index in [1.54, 1.807) is 42.5 Å². The lowest BCUT2D eigenvalue weighted by Crippen LogP contribution is -2.52. The lowest BCUT2D eigenvalue weighted by molar-refractivity contribution is -0.139. The first kappa shape index (κ1) is 27.9. The third-order valence-electron chi connectivity index (χ3n) is 6.29. The first-order valence-electron chi connectivity index (χ1n) is 12.4. The zero-order chi connectivity index (χ0) is 27.0. The van der Waals surface area contributed by atoms with Crippen LogP contribution >= 0.6 is 0 Å². The minimum Gasteiger partial charge on any atom is -0.357 e. The Balaban J connectivity index is 2.00. The van der Waals surface area contributed by atoms with Gasteiger partial charge in [0.25, 0.3) is 10.0 Å². The van der Waals surface area contributed by atoms with Gasteiger partial charge in [0.15, 0.2) is 0 Å². The fraction of sp³-hybridized carbons (Fsp3) is 0.310. The number of carbonyl (C=O) groups excluding carboxylic acids is 2. The summed E-state index contributed by atoms with van der Waals surface area (Å²) in [6.07, 6.45) is 0.935. The van der Waals surface area contributed by atoms with E-state index in [4.69, 9.17) is 0 Å². The Morgan fingerprint density at radius 3 is 2.16 bits per heavy atom. The van der Waals surface area contributed by atoms with E-state index >= 15 is 0 Å². The molecule has 0 saturated heterocycles. The minimum absolute atomic E-state index is 0.0987. The van der Waals surface area contributed by atoms with Crippen molar-refractivity contribution in [1.82, 2.24) is 10.2 Å². The van der Waals surface area contributed by atoms with Crippen LogP contribution in [0.2, 0.25) is 0 Å². The molecule has 0 unspecified atom stereocenters. The van der Waals surface area contributed by atoms with Crippen molar-refractivity contribution in [2.24, 2.45) is 0 Å². The van der Waals surface area contributed by atoms with Crippen molar-refractivity contribution in [3.63, 3.8) is 0 Å². The number of sulfonamides is 1. The molecule has 8 heteroatoms. The molecular formula is C29H35N3O4S. The molecule has 0 aliphatic heterocycles. The van der Waals surface area contributed by atoms with Crippen LogP contribution in [0, 0.1) is 13.8 Å². The fourth-order valence-corrected chi connectivity index (χ4v) is 5.62. The van der Waals surface area contributed by atoms with Crippen LogP contribution in [-0.4, -0.2) is 51.3 Å². The van der Waals surface area contributed by atoms with Gasteiger partial charge in [-0.05, 0) is 62.1 Å². The monoisotopic (exact) mass is 521 g/mol. The molecule has 3 aromatic carbocycles. The zero-order valence-corrected chi connectivity index (χ0v) is 22.7. The SMILES string of the molecule is CC[C@@H](C(=O)NC)N(CCc1ccccc1)C(=O)CN(c1cccc(C)c1)S(=O)(=O)c1ccc(C)cc1. The third kappa shape index (κ3) is 6.98. The number of nitrogens with one attached hydrogen (secondary N) is 1. The number of amides is 2. The number of hydrogen-bond donors (Lipinski definition) is 1. The molecule has 0 saturated carbocycles. The number of hydrogen-bond acceptors (Lipinski definition) is 4. The van der Waals surface area contributed by atoms with E-state index in [2.05, 4.69) is 5.32 Å². The summed E-state index contributed by atoms with van der Waals surface area (Å²) in [6.45, 7) is 5.44. The molecule has 7 nitrogen and oxygen atoms in total. The Morgan fingerprint density at radius 1 is 0.892 bits per heavy atom. The second-order valence-electron chi connectivity index (χ2n) is 9.02. The average molecular weight is 522 g/mol. The summed E-state index contributed by atoms with van der Waals surface area (Å²) in [6, 6.07) is 22.6. The highest BCUT2D eigenvalue weighted by atomic mass is 32.2. The number of nitrogens with zero attached hydrogens (tertiary/aromatic N) is 2. The highest BCUT2D eigenvalue weighted by molar-refractivity contribution is 7.92. The van der Waals surface area contributed by atoms with Crippen LogP contribution in [0.15, 0.2) is 83.8 Å².